The monoisotopic (exact) mass is 336 g/mol. The Morgan fingerprint density at radius 2 is 2.10 bits per heavy atom. The first-order valence-corrected chi connectivity index (χ1v) is 8.91. The van der Waals surface area contributed by atoms with E-state index in [-0.39, 0.29) is 12.5 Å². The molecule has 108 valence electrons. The van der Waals surface area contributed by atoms with Crippen LogP contribution >= 0.6 is 34.0 Å². The summed E-state index contributed by atoms with van der Waals surface area (Å²) in [5, 5.41) is 21.3. The van der Waals surface area contributed by atoms with E-state index in [1.165, 1.54) is 22.7 Å². The highest BCUT2D eigenvalue weighted by Gasteiger charge is 2.14. The SMILES string of the molecule is O=C(NCC(O)c1ccsc1)c1cnc(-c2ccsc2)s1. The van der Waals surface area contributed by atoms with Gasteiger partial charge in [-0.05, 0) is 33.8 Å². The van der Waals surface area contributed by atoms with Gasteiger partial charge in [-0.15, -0.1) is 11.3 Å². The molecule has 21 heavy (non-hydrogen) atoms. The van der Waals surface area contributed by atoms with Crippen LogP contribution in [-0.2, 0) is 0 Å². The van der Waals surface area contributed by atoms with Crippen molar-refractivity contribution in [3.8, 4) is 10.6 Å². The van der Waals surface area contributed by atoms with Crippen LogP contribution in [0.25, 0.3) is 10.6 Å². The van der Waals surface area contributed by atoms with Crippen molar-refractivity contribution in [3.63, 3.8) is 0 Å². The molecule has 1 atom stereocenters. The van der Waals surface area contributed by atoms with E-state index in [1.54, 1.807) is 17.5 Å². The largest absolute Gasteiger partial charge is 0.387 e. The Labute approximate surface area is 133 Å². The highest BCUT2D eigenvalue weighted by atomic mass is 32.1. The Morgan fingerprint density at radius 1 is 1.29 bits per heavy atom. The van der Waals surface area contributed by atoms with Gasteiger partial charge in [-0.3, -0.25) is 4.79 Å². The van der Waals surface area contributed by atoms with Crippen LogP contribution in [0.3, 0.4) is 0 Å². The fourth-order valence-electron chi connectivity index (χ4n) is 1.76. The lowest BCUT2D eigenvalue weighted by Gasteiger charge is -2.09. The van der Waals surface area contributed by atoms with Gasteiger partial charge in [0, 0.05) is 17.5 Å². The molecular weight excluding hydrogens is 324 g/mol. The predicted octanol–water partition coefficient (Wildman–Crippen LogP) is 3.40. The van der Waals surface area contributed by atoms with E-state index in [0.29, 0.717) is 4.88 Å². The van der Waals surface area contributed by atoms with Gasteiger partial charge in [-0.1, -0.05) is 0 Å². The molecule has 0 aliphatic carbocycles. The summed E-state index contributed by atoms with van der Waals surface area (Å²) in [6, 6.07) is 3.83. The van der Waals surface area contributed by atoms with Crippen molar-refractivity contribution < 1.29 is 9.90 Å². The molecule has 0 aliphatic heterocycles. The molecule has 0 radical (unpaired) electrons. The smallest absolute Gasteiger partial charge is 0.263 e. The van der Waals surface area contributed by atoms with Gasteiger partial charge in [0.1, 0.15) is 9.88 Å². The number of thiophene rings is 2. The summed E-state index contributed by atoms with van der Waals surface area (Å²) in [4.78, 5) is 16.9. The van der Waals surface area contributed by atoms with Crippen molar-refractivity contribution in [1.29, 1.82) is 0 Å². The Bertz CT molecular complexity index is 705. The Hall–Kier alpha value is -1.54. The zero-order chi connectivity index (χ0) is 14.7. The molecule has 0 aromatic carbocycles. The molecule has 2 N–H and O–H groups in total. The van der Waals surface area contributed by atoms with E-state index in [4.69, 9.17) is 0 Å². The van der Waals surface area contributed by atoms with Crippen LogP contribution in [0.2, 0.25) is 0 Å². The summed E-state index contributed by atoms with van der Waals surface area (Å²) in [7, 11) is 0. The number of nitrogens with zero attached hydrogens (tertiary/aromatic N) is 1. The lowest BCUT2D eigenvalue weighted by molar-refractivity contribution is 0.0920. The van der Waals surface area contributed by atoms with Crippen molar-refractivity contribution in [1.82, 2.24) is 10.3 Å². The van der Waals surface area contributed by atoms with Gasteiger partial charge >= 0.3 is 0 Å². The molecular formula is C14H12N2O2S3. The topological polar surface area (TPSA) is 62.2 Å². The third kappa shape index (κ3) is 3.38. The van der Waals surface area contributed by atoms with Crippen LogP contribution in [0.4, 0.5) is 0 Å². The van der Waals surface area contributed by atoms with Crippen molar-refractivity contribution in [2.75, 3.05) is 6.54 Å². The molecule has 7 heteroatoms. The van der Waals surface area contributed by atoms with Gasteiger partial charge in [0.15, 0.2) is 0 Å². The summed E-state index contributed by atoms with van der Waals surface area (Å²) in [5.41, 5.74) is 1.85. The average Bonchev–Trinajstić information content (AvgIpc) is 3.25. The number of rotatable bonds is 5. The number of aliphatic hydroxyl groups is 1. The first-order chi connectivity index (χ1) is 10.2. The molecule has 0 saturated carbocycles. The van der Waals surface area contributed by atoms with E-state index in [2.05, 4.69) is 10.3 Å². The first-order valence-electron chi connectivity index (χ1n) is 6.21. The first kappa shape index (κ1) is 14.4. The molecule has 3 aromatic heterocycles. The lowest BCUT2D eigenvalue weighted by Crippen LogP contribution is -2.27. The van der Waals surface area contributed by atoms with Crippen LogP contribution in [0, 0.1) is 0 Å². The third-order valence-electron chi connectivity index (χ3n) is 2.88. The number of carbonyl (C=O) groups excluding carboxylic acids is 1. The van der Waals surface area contributed by atoms with E-state index in [9.17, 15) is 9.90 Å². The molecule has 0 spiro atoms. The third-order valence-corrected chi connectivity index (χ3v) is 5.31. The number of hydrogen-bond acceptors (Lipinski definition) is 6. The fraction of sp³-hybridized carbons (Fsp3) is 0.143. The van der Waals surface area contributed by atoms with Gasteiger partial charge in [-0.2, -0.15) is 22.7 Å². The lowest BCUT2D eigenvalue weighted by atomic mass is 10.2. The Kier molecular flexibility index (Phi) is 4.45. The van der Waals surface area contributed by atoms with E-state index in [1.807, 2.05) is 33.7 Å². The van der Waals surface area contributed by atoms with E-state index >= 15 is 0 Å². The fourth-order valence-corrected chi connectivity index (χ4v) is 4.01. The van der Waals surface area contributed by atoms with Crippen molar-refractivity contribution in [2.24, 2.45) is 0 Å². The van der Waals surface area contributed by atoms with Gasteiger partial charge in [-0.25, -0.2) is 4.98 Å². The second-order valence-electron chi connectivity index (χ2n) is 4.32. The normalized spacial score (nSPS) is 12.2. The minimum atomic E-state index is -0.676. The Morgan fingerprint density at radius 3 is 2.81 bits per heavy atom. The predicted molar refractivity (Wildman–Crippen MR) is 87.0 cm³/mol. The molecule has 0 saturated heterocycles. The van der Waals surface area contributed by atoms with Gasteiger partial charge < -0.3 is 10.4 Å². The maximum atomic E-state index is 12.1. The molecule has 1 amide bonds. The average molecular weight is 336 g/mol. The van der Waals surface area contributed by atoms with Crippen LogP contribution in [0.5, 0.6) is 0 Å². The minimum Gasteiger partial charge on any atom is -0.387 e. The summed E-state index contributed by atoms with van der Waals surface area (Å²) in [6.07, 6.45) is 0.897. The second kappa shape index (κ2) is 6.48. The number of carbonyl (C=O) groups is 1. The molecule has 0 fully saturated rings. The van der Waals surface area contributed by atoms with Crippen LogP contribution < -0.4 is 5.32 Å². The number of amides is 1. The van der Waals surface area contributed by atoms with Crippen LogP contribution in [0.15, 0.2) is 39.8 Å². The minimum absolute atomic E-state index is 0.196. The van der Waals surface area contributed by atoms with Gasteiger partial charge in [0.2, 0.25) is 0 Å². The summed E-state index contributed by atoms with van der Waals surface area (Å²) in [6.45, 7) is 0.196. The van der Waals surface area contributed by atoms with Gasteiger partial charge in [0.25, 0.3) is 5.91 Å². The molecule has 1 unspecified atom stereocenters. The number of hydrogen-bond donors (Lipinski definition) is 2. The van der Waals surface area contributed by atoms with Gasteiger partial charge in [0.05, 0.1) is 12.3 Å². The molecule has 4 nitrogen and oxygen atoms in total. The number of aliphatic hydroxyl groups excluding tert-OH is 1. The second-order valence-corrected chi connectivity index (χ2v) is 6.91. The molecule has 3 rings (SSSR count). The summed E-state index contributed by atoms with van der Waals surface area (Å²) in [5.74, 6) is -0.205. The molecule has 0 bridgehead atoms. The van der Waals surface area contributed by atoms with Crippen molar-refractivity contribution >= 4 is 39.9 Å². The number of nitrogens with one attached hydrogen (secondary N) is 1. The molecule has 0 aliphatic rings. The molecule has 3 heterocycles. The zero-order valence-electron chi connectivity index (χ0n) is 10.9. The van der Waals surface area contributed by atoms with Crippen LogP contribution in [0.1, 0.15) is 21.3 Å². The van der Waals surface area contributed by atoms with Crippen molar-refractivity contribution in [3.05, 3.63) is 50.3 Å². The van der Waals surface area contributed by atoms with E-state index in [0.717, 1.165) is 16.1 Å². The Balaban J connectivity index is 1.61. The quantitative estimate of drug-likeness (QED) is 0.751. The number of thiazole rings is 1. The van der Waals surface area contributed by atoms with Crippen LogP contribution in [-0.4, -0.2) is 22.5 Å². The van der Waals surface area contributed by atoms with E-state index < -0.39 is 6.10 Å². The zero-order valence-corrected chi connectivity index (χ0v) is 13.3. The molecule has 3 aromatic rings. The summed E-state index contributed by atoms with van der Waals surface area (Å²) >= 11 is 4.47. The maximum absolute atomic E-state index is 12.1. The summed E-state index contributed by atoms with van der Waals surface area (Å²) < 4.78 is 0. The van der Waals surface area contributed by atoms with Crippen molar-refractivity contribution in [2.45, 2.75) is 6.10 Å². The maximum Gasteiger partial charge on any atom is 0.263 e. The number of aromatic nitrogens is 1. The highest BCUT2D eigenvalue weighted by molar-refractivity contribution is 7.17. The standard InChI is InChI=1S/C14H12N2O2S3/c17-11(9-1-3-19-7-9)5-15-13(18)12-6-16-14(21-12)10-2-4-20-8-10/h1-4,6-8,11,17H,5H2,(H,15,18). The highest BCUT2D eigenvalue weighted by Crippen LogP contribution is 2.26.